The highest BCUT2D eigenvalue weighted by atomic mass is 16.4. The molecule has 0 aromatic heterocycles. The van der Waals surface area contributed by atoms with Crippen molar-refractivity contribution in [1.29, 1.82) is 0 Å². The smallest absolute Gasteiger partial charge is 0.306 e. The van der Waals surface area contributed by atoms with E-state index in [9.17, 15) is 9.90 Å². The first-order chi connectivity index (χ1) is 10.2. The van der Waals surface area contributed by atoms with E-state index in [4.69, 9.17) is 0 Å². The number of benzene rings is 1. The van der Waals surface area contributed by atoms with Gasteiger partial charge in [-0.15, -0.1) is 0 Å². The van der Waals surface area contributed by atoms with Gasteiger partial charge in [-0.05, 0) is 44.2 Å². The van der Waals surface area contributed by atoms with Gasteiger partial charge in [-0.25, -0.2) is 0 Å². The van der Waals surface area contributed by atoms with Gasteiger partial charge >= 0.3 is 5.97 Å². The summed E-state index contributed by atoms with van der Waals surface area (Å²) in [6.45, 7) is 2.25. The summed E-state index contributed by atoms with van der Waals surface area (Å²) in [5.41, 5.74) is 2.43. The molecular formula is C17H24N2O2. The summed E-state index contributed by atoms with van der Waals surface area (Å²) in [5, 5.41) is 12.8. The van der Waals surface area contributed by atoms with E-state index in [-0.39, 0.29) is 12.0 Å². The number of nitrogens with one attached hydrogen (secondary N) is 1. The van der Waals surface area contributed by atoms with E-state index in [1.807, 2.05) is 0 Å². The van der Waals surface area contributed by atoms with Crippen molar-refractivity contribution in [1.82, 2.24) is 0 Å². The number of nitrogens with zero attached hydrogens (tertiary/aromatic N) is 1. The van der Waals surface area contributed by atoms with Gasteiger partial charge in [0.2, 0.25) is 0 Å². The summed E-state index contributed by atoms with van der Waals surface area (Å²) in [5.74, 6) is -0.829. The monoisotopic (exact) mass is 288 g/mol. The molecule has 4 heteroatoms. The van der Waals surface area contributed by atoms with Crippen LogP contribution in [0.1, 0.15) is 38.5 Å². The second-order valence-corrected chi connectivity index (χ2v) is 6.25. The Morgan fingerprint density at radius 1 is 1.14 bits per heavy atom. The highest BCUT2D eigenvalue weighted by Crippen LogP contribution is 2.32. The SMILES string of the molecule is O=C(O)C1CCCC(Nc2ccccc2N2CCCC2)C1. The van der Waals surface area contributed by atoms with Gasteiger partial charge in [0, 0.05) is 19.1 Å². The van der Waals surface area contributed by atoms with Gasteiger partial charge in [0.1, 0.15) is 0 Å². The minimum absolute atomic E-state index is 0.185. The van der Waals surface area contributed by atoms with Crippen molar-refractivity contribution in [2.45, 2.75) is 44.6 Å². The molecule has 1 heterocycles. The molecule has 2 fully saturated rings. The Hall–Kier alpha value is -1.71. The molecule has 0 bridgehead atoms. The van der Waals surface area contributed by atoms with Crippen molar-refractivity contribution in [3.63, 3.8) is 0 Å². The number of rotatable bonds is 4. The van der Waals surface area contributed by atoms with Crippen LogP contribution in [0.25, 0.3) is 0 Å². The molecule has 1 aromatic rings. The minimum Gasteiger partial charge on any atom is -0.481 e. The number of aliphatic carboxylic acids is 1. The van der Waals surface area contributed by atoms with Crippen LogP contribution in [0.5, 0.6) is 0 Å². The van der Waals surface area contributed by atoms with Crippen LogP contribution < -0.4 is 10.2 Å². The lowest BCUT2D eigenvalue weighted by Crippen LogP contribution is -2.31. The Balaban J connectivity index is 1.71. The van der Waals surface area contributed by atoms with Crippen LogP contribution in [0.3, 0.4) is 0 Å². The molecule has 3 rings (SSSR count). The molecule has 2 atom stereocenters. The summed E-state index contributed by atoms with van der Waals surface area (Å²) >= 11 is 0. The van der Waals surface area contributed by atoms with Crippen molar-refractivity contribution >= 4 is 17.3 Å². The second-order valence-electron chi connectivity index (χ2n) is 6.25. The number of hydrogen-bond acceptors (Lipinski definition) is 3. The van der Waals surface area contributed by atoms with Gasteiger partial charge in [-0.2, -0.15) is 0 Å². The van der Waals surface area contributed by atoms with Crippen molar-refractivity contribution in [3.8, 4) is 0 Å². The summed E-state index contributed by atoms with van der Waals surface area (Å²) < 4.78 is 0. The summed E-state index contributed by atoms with van der Waals surface area (Å²) in [6, 6.07) is 8.71. The van der Waals surface area contributed by atoms with Crippen LogP contribution in [0.4, 0.5) is 11.4 Å². The van der Waals surface area contributed by atoms with Gasteiger partial charge < -0.3 is 15.3 Å². The average Bonchev–Trinajstić information content (AvgIpc) is 3.02. The topological polar surface area (TPSA) is 52.6 Å². The molecular weight excluding hydrogens is 264 g/mol. The van der Waals surface area contributed by atoms with Gasteiger partial charge in [0.05, 0.1) is 17.3 Å². The van der Waals surface area contributed by atoms with Crippen molar-refractivity contribution in [3.05, 3.63) is 24.3 Å². The molecule has 0 spiro atoms. The normalized spacial score (nSPS) is 25.8. The van der Waals surface area contributed by atoms with Crippen molar-refractivity contribution in [2.24, 2.45) is 5.92 Å². The predicted octanol–water partition coefficient (Wildman–Crippen LogP) is 3.34. The van der Waals surface area contributed by atoms with Crippen LogP contribution in [0, 0.1) is 5.92 Å². The second kappa shape index (κ2) is 6.37. The molecule has 2 unspecified atom stereocenters. The maximum atomic E-state index is 11.2. The Kier molecular flexibility index (Phi) is 4.32. The molecule has 4 nitrogen and oxygen atoms in total. The maximum Gasteiger partial charge on any atom is 0.306 e. The van der Waals surface area contributed by atoms with Crippen LogP contribution in [0.15, 0.2) is 24.3 Å². The van der Waals surface area contributed by atoms with E-state index in [2.05, 4.69) is 34.5 Å². The first-order valence-electron chi connectivity index (χ1n) is 8.07. The Bertz CT molecular complexity index is 497. The molecule has 1 saturated heterocycles. The lowest BCUT2D eigenvalue weighted by molar-refractivity contribution is -0.142. The number of carboxylic acids is 1. The van der Waals surface area contributed by atoms with Crippen molar-refractivity contribution in [2.75, 3.05) is 23.3 Å². The Morgan fingerprint density at radius 2 is 1.90 bits per heavy atom. The quantitative estimate of drug-likeness (QED) is 0.892. The number of para-hydroxylation sites is 2. The fourth-order valence-electron chi connectivity index (χ4n) is 3.59. The molecule has 114 valence electrons. The van der Waals surface area contributed by atoms with E-state index in [1.54, 1.807) is 0 Å². The molecule has 2 N–H and O–H groups in total. The Morgan fingerprint density at radius 3 is 2.67 bits per heavy atom. The van der Waals surface area contributed by atoms with Crippen LogP contribution in [-0.4, -0.2) is 30.2 Å². The minimum atomic E-state index is -0.644. The van der Waals surface area contributed by atoms with E-state index in [0.29, 0.717) is 0 Å². The molecule has 2 aliphatic rings. The molecule has 0 amide bonds. The standard InChI is InChI=1S/C17H24N2O2/c20-17(21)13-6-5-7-14(12-13)18-15-8-1-2-9-16(15)19-10-3-4-11-19/h1-2,8-9,13-14,18H,3-7,10-12H2,(H,20,21). The maximum absolute atomic E-state index is 11.2. The summed E-state index contributed by atoms with van der Waals surface area (Å²) in [4.78, 5) is 13.6. The van der Waals surface area contributed by atoms with E-state index in [0.717, 1.165) is 44.5 Å². The van der Waals surface area contributed by atoms with Gasteiger partial charge in [0.15, 0.2) is 0 Å². The average molecular weight is 288 g/mol. The third-order valence-corrected chi connectivity index (χ3v) is 4.73. The zero-order valence-corrected chi connectivity index (χ0v) is 12.4. The van der Waals surface area contributed by atoms with E-state index < -0.39 is 5.97 Å². The zero-order valence-electron chi connectivity index (χ0n) is 12.4. The van der Waals surface area contributed by atoms with Crippen LogP contribution >= 0.6 is 0 Å². The van der Waals surface area contributed by atoms with Crippen LogP contribution in [-0.2, 0) is 4.79 Å². The highest BCUT2D eigenvalue weighted by Gasteiger charge is 2.27. The zero-order chi connectivity index (χ0) is 14.7. The lowest BCUT2D eigenvalue weighted by atomic mass is 9.85. The molecule has 1 aliphatic carbocycles. The fourth-order valence-corrected chi connectivity index (χ4v) is 3.59. The third-order valence-electron chi connectivity index (χ3n) is 4.73. The molecule has 1 aliphatic heterocycles. The van der Waals surface area contributed by atoms with E-state index in [1.165, 1.54) is 18.5 Å². The number of carboxylic acid groups (broad SMARTS) is 1. The third kappa shape index (κ3) is 3.31. The van der Waals surface area contributed by atoms with Gasteiger partial charge in [-0.1, -0.05) is 18.6 Å². The van der Waals surface area contributed by atoms with Gasteiger partial charge in [-0.3, -0.25) is 4.79 Å². The van der Waals surface area contributed by atoms with E-state index >= 15 is 0 Å². The summed E-state index contributed by atoms with van der Waals surface area (Å²) in [6.07, 6.45) is 6.15. The van der Waals surface area contributed by atoms with Crippen molar-refractivity contribution < 1.29 is 9.90 Å². The molecule has 1 aromatic carbocycles. The van der Waals surface area contributed by atoms with Crippen LogP contribution in [0.2, 0.25) is 0 Å². The fraction of sp³-hybridized carbons (Fsp3) is 0.588. The highest BCUT2D eigenvalue weighted by molar-refractivity contribution is 5.72. The lowest BCUT2D eigenvalue weighted by Gasteiger charge is -2.30. The number of carbonyl (C=O) groups is 1. The largest absolute Gasteiger partial charge is 0.481 e. The number of anilines is 2. The first kappa shape index (κ1) is 14.2. The molecule has 0 radical (unpaired) electrons. The number of hydrogen-bond donors (Lipinski definition) is 2. The summed E-state index contributed by atoms with van der Waals surface area (Å²) in [7, 11) is 0. The first-order valence-corrected chi connectivity index (χ1v) is 8.07. The molecule has 1 saturated carbocycles. The predicted molar refractivity (Wildman–Crippen MR) is 84.9 cm³/mol. The van der Waals surface area contributed by atoms with Gasteiger partial charge in [0.25, 0.3) is 0 Å². The molecule has 21 heavy (non-hydrogen) atoms. The Labute approximate surface area is 126 Å².